The molecule has 3 saturated heterocycles. The molecule has 0 aromatic carbocycles. The number of nitrogens with one attached hydrogen (secondary N) is 2. The van der Waals surface area contributed by atoms with Gasteiger partial charge in [-0.3, -0.25) is 4.79 Å². The maximum atomic E-state index is 14.1. The number of nitrogens with zero attached hydrogens (tertiary/aromatic N) is 5. The van der Waals surface area contributed by atoms with Crippen LogP contribution in [-0.4, -0.2) is 90.9 Å². The fraction of sp³-hybridized carbons (Fsp3) is 0.481. The predicted molar refractivity (Wildman–Crippen MR) is 152 cm³/mol. The number of aromatic nitrogens is 3. The number of rotatable bonds is 6. The molecule has 0 radical (unpaired) electrons. The molecule has 0 spiro atoms. The van der Waals surface area contributed by atoms with Gasteiger partial charge in [0.15, 0.2) is 9.84 Å². The molecular weight excluding hydrogens is 607 g/mol. The highest BCUT2D eigenvalue weighted by Crippen LogP contribution is 2.42. The van der Waals surface area contributed by atoms with E-state index in [1.54, 1.807) is 0 Å². The van der Waals surface area contributed by atoms with Crippen molar-refractivity contribution in [2.24, 2.45) is 0 Å². The van der Waals surface area contributed by atoms with Crippen molar-refractivity contribution in [1.82, 2.24) is 25.2 Å². The molecule has 2 N–H and O–H groups in total. The summed E-state index contributed by atoms with van der Waals surface area (Å²) in [6.07, 6.45) is -2.53. The lowest BCUT2D eigenvalue weighted by Crippen LogP contribution is -2.52. The van der Waals surface area contributed by atoms with Crippen molar-refractivity contribution in [3.8, 4) is 10.6 Å². The summed E-state index contributed by atoms with van der Waals surface area (Å²) in [4.78, 5) is 29.5. The fourth-order valence-electron chi connectivity index (χ4n) is 6.02. The molecule has 3 fully saturated rings. The molecule has 0 aliphatic carbocycles. The molecule has 3 aromatic heterocycles. The van der Waals surface area contributed by atoms with Gasteiger partial charge in [0.1, 0.15) is 16.3 Å². The number of hydrogen-bond acceptors (Lipinski definition) is 11. The summed E-state index contributed by atoms with van der Waals surface area (Å²) >= 11 is 0.690. The highest BCUT2D eigenvalue weighted by atomic mass is 32.2. The van der Waals surface area contributed by atoms with Crippen LogP contribution in [0, 0.1) is 0 Å². The first kappa shape index (κ1) is 28.4. The monoisotopic (exact) mass is 635 g/mol. The predicted octanol–water partition coefficient (Wildman–Crippen LogP) is 3.10. The summed E-state index contributed by atoms with van der Waals surface area (Å²) in [6, 6.07) is 5.37. The van der Waals surface area contributed by atoms with Crippen LogP contribution in [0.3, 0.4) is 0 Å². The van der Waals surface area contributed by atoms with Crippen molar-refractivity contribution in [2.75, 3.05) is 48.8 Å². The minimum Gasteiger partial charge on any atom is -0.377 e. The second-order valence-electron chi connectivity index (χ2n) is 11.1. The van der Waals surface area contributed by atoms with E-state index in [0.717, 1.165) is 31.4 Å². The molecule has 3 aromatic rings. The zero-order chi connectivity index (χ0) is 30.1. The first-order chi connectivity index (χ1) is 20.5. The highest BCUT2D eigenvalue weighted by molar-refractivity contribution is 7.91. The van der Waals surface area contributed by atoms with E-state index < -0.39 is 33.2 Å². The number of pyridine rings is 1. The van der Waals surface area contributed by atoms with Crippen molar-refractivity contribution in [2.45, 2.75) is 49.0 Å². The van der Waals surface area contributed by atoms with Gasteiger partial charge in [0.2, 0.25) is 5.95 Å². The largest absolute Gasteiger partial charge is 0.420 e. The molecular formula is C27H28F3N7O4S2. The summed E-state index contributed by atoms with van der Waals surface area (Å²) in [5.74, 6) is -0.136. The third kappa shape index (κ3) is 5.03. The second-order valence-corrected chi connectivity index (χ2v) is 14.2. The zero-order valence-corrected chi connectivity index (χ0v) is 24.7. The van der Waals surface area contributed by atoms with E-state index >= 15 is 0 Å². The average molecular weight is 636 g/mol. The molecule has 4 aliphatic rings. The Hall–Kier alpha value is -3.34. The van der Waals surface area contributed by atoms with Crippen LogP contribution in [0.2, 0.25) is 0 Å². The third-order valence-electron chi connectivity index (χ3n) is 8.37. The van der Waals surface area contributed by atoms with Crippen molar-refractivity contribution >= 4 is 44.5 Å². The molecule has 11 nitrogen and oxygen atoms in total. The molecule has 7 rings (SSSR count). The van der Waals surface area contributed by atoms with Crippen LogP contribution in [0.4, 0.5) is 30.6 Å². The van der Waals surface area contributed by atoms with Crippen LogP contribution in [-0.2, 0) is 27.2 Å². The number of aryl methyl sites for hydroxylation is 1. The van der Waals surface area contributed by atoms with Gasteiger partial charge in [-0.05, 0) is 31.0 Å². The topological polar surface area (TPSA) is 130 Å². The van der Waals surface area contributed by atoms with E-state index in [2.05, 4.69) is 25.5 Å². The van der Waals surface area contributed by atoms with E-state index in [0.29, 0.717) is 47.4 Å². The van der Waals surface area contributed by atoms with Crippen LogP contribution >= 0.6 is 11.3 Å². The van der Waals surface area contributed by atoms with Gasteiger partial charge in [0.05, 0.1) is 51.9 Å². The molecule has 16 heteroatoms. The van der Waals surface area contributed by atoms with Gasteiger partial charge < -0.3 is 25.2 Å². The Morgan fingerprint density at radius 3 is 2.65 bits per heavy atom. The van der Waals surface area contributed by atoms with E-state index in [-0.39, 0.29) is 52.2 Å². The minimum absolute atomic E-state index is 0.0101. The SMILES string of the molecule is CCc1nc(N2C[C@H]3C[C@@H]2CN3)ccc1Nc1ncc(C(F)(F)F)c(-c2cc3c(s2)C(=O)N(C2COC2)CCS3(=O)=O)n1. The summed E-state index contributed by atoms with van der Waals surface area (Å²) in [5.41, 5.74) is -0.381. The third-order valence-corrected chi connectivity index (χ3v) is 11.3. The molecule has 2 bridgehead atoms. The van der Waals surface area contributed by atoms with E-state index in [4.69, 9.17) is 9.72 Å². The Morgan fingerprint density at radius 2 is 2.00 bits per heavy atom. The number of thiophene rings is 1. The van der Waals surface area contributed by atoms with Gasteiger partial charge in [0.25, 0.3) is 5.91 Å². The number of ether oxygens (including phenoxy) is 1. The van der Waals surface area contributed by atoms with Crippen molar-refractivity contribution in [1.29, 1.82) is 0 Å². The van der Waals surface area contributed by atoms with Crippen molar-refractivity contribution in [3.05, 3.63) is 40.5 Å². The number of anilines is 3. The van der Waals surface area contributed by atoms with Gasteiger partial charge in [-0.1, -0.05) is 6.92 Å². The molecule has 1 amide bonds. The highest BCUT2D eigenvalue weighted by Gasteiger charge is 2.41. The Balaban J connectivity index is 1.24. The second kappa shape index (κ2) is 10.4. The molecule has 43 heavy (non-hydrogen) atoms. The van der Waals surface area contributed by atoms with Crippen LogP contribution in [0.15, 0.2) is 29.3 Å². The van der Waals surface area contributed by atoms with Gasteiger partial charge in [-0.15, -0.1) is 11.3 Å². The Labute approximate surface area is 249 Å². The Bertz CT molecular complexity index is 1710. The molecule has 4 aliphatic heterocycles. The lowest BCUT2D eigenvalue weighted by Gasteiger charge is -2.36. The number of amides is 1. The van der Waals surface area contributed by atoms with E-state index in [1.807, 2.05) is 19.1 Å². The zero-order valence-electron chi connectivity index (χ0n) is 23.0. The molecule has 228 valence electrons. The standard InChI is InChI=1S/C27H28F3N7O4S2/c1-2-18-19(3-4-22(33-18)37-11-14-7-15(37)9-31-14)34-26-32-10-17(27(28,29)30)23(35-26)20-8-21-24(42-20)25(38)36(16-12-41-13-16)5-6-43(21,39)40/h3-4,8,10,14-16,31H,2,5-7,9,11-13H2,1H3,(H,32,34,35)/t14-,15-/m1/s1. The summed E-state index contributed by atoms with van der Waals surface area (Å²) < 4.78 is 73.8. The Morgan fingerprint density at radius 1 is 1.19 bits per heavy atom. The summed E-state index contributed by atoms with van der Waals surface area (Å²) in [5, 5.41) is 6.48. The number of alkyl halides is 3. The number of halogens is 3. The van der Waals surface area contributed by atoms with Gasteiger partial charge >= 0.3 is 6.18 Å². The summed E-state index contributed by atoms with van der Waals surface area (Å²) in [6.45, 7) is 4.26. The molecule has 0 saturated carbocycles. The van der Waals surface area contributed by atoms with Crippen molar-refractivity contribution in [3.63, 3.8) is 0 Å². The molecule has 0 unspecified atom stereocenters. The smallest absolute Gasteiger partial charge is 0.377 e. The number of piperazine rings is 1. The van der Waals surface area contributed by atoms with Crippen LogP contribution in [0.5, 0.6) is 0 Å². The minimum atomic E-state index is -4.82. The van der Waals surface area contributed by atoms with E-state index in [1.165, 1.54) is 4.90 Å². The Kier molecular flexibility index (Phi) is 6.87. The number of hydrogen-bond donors (Lipinski definition) is 2. The van der Waals surface area contributed by atoms with Gasteiger partial charge in [0, 0.05) is 37.9 Å². The number of sulfone groups is 1. The van der Waals surface area contributed by atoms with Crippen LogP contribution in [0.25, 0.3) is 10.6 Å². The molecule has 7 heterocycles. The van der Waals surface area contributed by atoms with Crippen LogP contribution < -0.4 is 15.5 Å². The van der Waals surface area contributed by atoms with Gasteiger partial charge in [-0.2, -0.15) is 13.2 Å². The average Bonchev–Trinajstić information content (AvgIpc) is 3.69. The first-order valence-electron chi connectivity index (χ1n) is 14.0. The number of carbonyl (C=O) groups excluding carboxylic acids is 1. The lowest BCUT2D eigenvalue weighted by atomic mass is 10.2. The summed E-state index contributed by atoms with van der Waals surface area (Å²) in [7, 11) is -3.93. The number of fused-ring (bicyclic) bond motifs is 3. The van der Waals surface area contributed by atoms with E-state index in [9.17, 15) is 26.4 Å². The quantitative estimate of drug-likeness (QED) is 0.417. The fourth-order valence-corrected chi connectivity index (χ4v) is 8.93. The van der Waals surface area contributed by atoms with Crippen molar-refractivity contribution < 1.29 is 31.1 Å². The van der Waals surface area contributed by atoms with Gasteiger partial charge in [-0.25, -0.2) is 23.4 Å². The maximum Gasteiger partial charge on any atom is 0.420 e. The molecule has 2 atom stereocenters. The first-order valence-corrected chi connectivity index (χ1v) is 16.5. The number of carbonyl (C=O) groups is 1. The maximum absolute atomic E-state index is 14.1. The normalized spacial score (nSPS) is 23.3. The van der Waals surface area contributed by atoms with Crippen LogP contribution in [0.1, 0.15) is 34.3 Å². The lowest BCUT2D eigenvalue weighted by molar-refractivity contribution is -0.137.